The van der Waals surface area contributed by atoms with Crippen LogP contribution in [0.1, 0.15) is 26.2 Å². The molecule has 0 spiro atoms. The van der Waals surface area contributed by atoms with Gasteiger partial charge in [0.25, 0.3) is 0 Å². The van der Waals surface area contributed by atoms with Gasteiger partial charge < -0.3 is 5.41 Å². The van der Waals surface area contributed by atoms with Crippen molar-refractivity contribution in [2.24, 2.45) is 0 Å². The Hall–Kier alpha value is -1.44. The highest BCUT2D eigenvalue weighted by Gasteiger charge is 2.22. The maximum absolute atomic E-state index is 13.2. The lowest BCUT2D eigenvalue weighted by atomic mass is 9.81. The minimum atomic E-state index is -0.827. The summed E-state index contributed by atoms with van der Waals surface area (Å²) in [6, 6.07) is 0. The van der Waals surface area contributed by atoms with Crippen molar-refractivity contribution in [1.29, 1.82) is 5.41 Å². The van der Waals surface area contributed by atoms with Crippen LogP contribution in [-0.4, -0.2) is 12.4 Å². The summed E-state index contributed by atoms with van der Waals surface area (Å²) in [7, 11) is 0. The molecule has 0 amide bonds. The number of hydrogen-bond donors (Lipinski definition) is 1. The highest BCUT2D eigenvalue weighted by atomic mass is 19.1. The van der Waals surface area contributed by atoms with E-state index in [4.69, 9.17) is 5.41 Å². The second-order valence-corrected chi connectivity index (χ2v) is 4.18. The molecule has 2 aliphatic carbocycles. The van der Waals surface area contributed by atoms with Crippen LogP contribution in [0.25, 0.3) is 0 Å². The Kier molecular flexibility index (Phi) is 3.18. The van der Waals surface area contributed by atoms with E-state index in [-0.39, 0.29) is 0 Å². The number of alkyl halides is 1. The van der Waals surface area contributed by atoms with E-state index in [0.717, 1.165) is 29.6 Å². The predicted octanol–water partition coefficient (Wildman–Crippen LogP) is 3.90. The predicted molar refractivity (Wildman–Crippen MR) is 65.5 cm³/mol. The van der Waals surface area contributed by atoms with Crippen molar-refractivity contribution < 1.29 is 4.39 Å². The molecule has 2 heteroatoms. The van der Waals surface area contributed by atoms with Gasteiger partial charge in [-0.2, -0.15) is 0 Å². The molecule has 0 aromatic carbocycles. The average Bonchev–Trinajstić information content (AvgIpc) is 2.29. The third-order valence-electron chi connectivity index (χ3n) is 3.13. The molecule has 16 heavy (non-hydrogen) atoms. The molecular weight excluding hydrogens is 201 g/mol. The summed E-state index contributed by atoms with van der Waals surface area (Å²) in [6.07, 6.45) is 10.4. The van der Waals surface area contributed by atoms with Crippen LogP contribution in [0.4, 0.5) is 4.39 Å². The monoisotopic (exact) mass is 217 g/mol. The van der Waals surface area contributed by atoms with Crippen molar-refractivity contribution in [3.05, 3.63) is 46.6 Å². The normalized spacial score (nSPS) is 25.2. The Morgan fingerprint density at radius 2 is 2.25 bits per heavy atom. The maximum Gasteiger partial charge on any atom is 0.122 e. The Bertz CT molecular complexity index is 424. The van der Waals surface area contributed by atoms with Gasteiger partial charge in [-0.05, 0) is 42.6 Å². The minimum absolute atomic E-state index is 0.526. The molecule has 0 fully saturated rings. The summed E-state index contributed by atoms with van der Waals surface area (Å²) < 4.78 is 13.2. The van der Waals surface area contributed by atoms with Crippen LogP contribution in [0.2, 0.25) is 0 Å². The molecule has 0 saturated heterocycles. The molecule has 0 radical (unpaired) electrons. The number of halogens is 1. The van der Waals surface area contributed by atoms with E-state index in [9.17, 15) is 4.39 Å². The first-order chi connectivity index (χ1) is 7.76. The van der Waals surface area contributed by atoms with Crippen LogP contribution in [0.5, 0.6) is 0 Å². The van der Waals surface area contributed by atoms with E-state index in [1.807, 2.05) is 25.2 Å². The largest absolute Gasteiger partial charge is 0.308 e. The second kappa shape index (κ2) is 4.60. The van der Waals surface area contributed by atoms with Gasteiger partial charge in [-0.3, -0.25) is 0 Å². The lowest BCUT2D eigenvalue weighted by Crippen LogP contribution is -2.12. The Morgan fingerprint density at radius 3 is 2.94 bits per heavy atom. The van der Waals surface area contributed by atoms with Gasteiger partial charge in [-0.1, -0.05) is 23.8 Å². The molecule has 1 N–H and O–H groups in total. The quantitative estimate of drug-likeness (QED) is 0.678. The highest BCUT2D eigenvalue weighted by Crippen LogP contribution is 2.36. The summed E-state index contributed by atoms with van der Waals surface area (Å²) >= 11 is 0. The molecule has 84 valence electrons. The topological polar surface area (TPSA) is 23.9 Å². The molecule has 0 aromatic rings. The third-order valence-corrected chi connectivity index (χ3v) is 3.13. The summed E-state index contributed by atoms with van der Waals surface area (Å²) in [4.78, 5) is 0. The Labute approximate surface area is 95.6 Å². The first-order valence-corrected chi connectivity index (χ1v) is 5.67. The van der Waals surface area contributed by atoms with Crippen LogP contribution < -0.4 is 0 Å². The van der Waals surface area contributed by atoms with E-state index in [2.05, 4.69) is 0 Å². The van der Waals surface area contributed by atoms with Crippen LogP contribution in [0, 0.1) is 5.41 Å². The van der Waals surface area contributed by atoms with Crippen LogP contribution >= 0.6 is 0 Å². The third kappa shape index (κ3) is 1.92. The van der Waals surface area contributed by atoms with Crippen molar-refractivity contribution in [1.82, 2.24) is 0 Å². The average molecular weight is 217 g/mol. The standard InChI is InChI=1S/C14H16FN/c1-2-3-13-11(9-16)5-4-10-8-12(15)6-7-14(10)13/h2-3,6-7,9,12,16H,4-5,8H2,1H3/b3-2-,16-9?. The minimum Gasteiger partial charge on any atom is -0.308 e. The zero-order valence-electron chi connectivity index (χ0n) is 9.46. The second-order valence-electron chi connectivity index (χ2n) is 4.18. The first-order valence-electron chi connectivity index (χ1n) is 5.67. The summed E-state index contributed by atoms with van der Waals surface area (Å²) in [5, 5.41) is 7.41. The van der Waals surface area contributed by atoms with Gasteiger partial charge in [-0.15, -0.1) is 0 Å². The molecule has 0 aliphatic heterocycles. The van der Waals surface area contributed by atoms with Crippen molar-refractivity contribution in [3.8, 4) is 0 Å². The summed E-state index contributed by atoms with van der Waals surface area (Å²) in [5.41, 5.74) is 4.49. The van der Waals surface area contributed by atoms with Gasteiger partial charge >= 0.3 is 0 Å². The molecule has 0 aromatic heterocycles. The van der Waals surface area contributed by atoms with Crippen LogP contribution in [0.15, 0.2) is 46.6 Å². The fourth-order valence-electron chi connectivity index (χ4n) is 2.36. The number of nitrogens with one attached hydrogen (secondary N) is 1. The van der Waals surface area contributed by atoms with Gasteiger partial charge in [0.1, 0.15) is 6.17 Å². The van der Waals surface area contributed by atoms with Gasteiger partial charge in [-0.25, -0.2) is 4.39 Å². The molecule has 0 bridgehead atoms. The van der Waals surface area contributed by atoms with E-state index in [0.29, 0.717) is 6.42 Å². The molecule has 0 heterocycles. The highest BCUT2D eigenvalue weighted by molar-refractivity contribution is 5.81. The lowest BCUT2D eigenvalue weighted by molar-refractivity contribution is 0.390. The van der Waals surface area contributed by atoms with E-state index >= 15 is 0 Å². The number of rotatable bonds is 2. The van der Waals surface area contributed by atoms with Crippen molar-refractivity contribution in [2.75, 3.05) is 0 Å². The number of allylic oxidation sites excluding steroid dienone is 8. The van der Waals surface area contributed by atoms with Crippen molar-refractivity contribution in [2.45, 2.75) is 32.4 Å². The smallest absolute Gasteiger partial charge is 0.122 e. The Morgan fingerprint density at radius 1 is 1.44 bits per heavy atom. The number of hydrogen-bond acceptors (Lipinski definition) is 1. The van der Waals surface area contributed by atoms with Gasteiger partial charge in [0.15, 0.2) is 0 Å². The van der Waals surface area contributed by atoms with Gasteiger partial charge in [0.2, 0.25) is 0 Å². The van der Waals surface area contributed by atoms with Crippen LogP contribution in [-0.2, 0) is 0 Å². The maximum atomic E-state index is 13.2. The zero-order valence-corrected chi connectivity index (χ0v) is 9.46. The fourth-order valence-corrected chi connectivity index (χ4v) is 2.36. The van der Waals surface area contributed by atoms with Gasteiger partial charge in [0.05, 0.1) is 0 Å². The molecular formula is C14H16FN. The fraction of sp³-hybridized carbons (Fsp3) is 0.357. The van der Waals surface area contributed by atoms with Crippen molar-refractivity contribution >= 4 is 6.21 Å². The first kappa shape index (κ1) is 11.1. The van der Waals surface area contributed by atoms with E-state index in [1.165, 1.54) is 11.8 Å². The SMILES string of the molecule is C/C=C\C1=C(C=N)CCC2=C1C=CC(F)C2. The molecule has 1 unspecified atom stereocenters. The van der Waals surface area contributed by atoms with Crippen molar-refractivity contribution in [3.63, 3.8) is 0 Å². The lowest BCUT2D eigenvalue weighted by Gasteiger charge is -2.25. The zero-order chi connectivity index (χ0) is 11.5. The van der Waals surface area contributed by atoms with Crippen LogP contribution in [0.3, 0.4) is 0 Å². The van der Waals surface area contributed by atoms with Gasteiger partial charge in [0, 0.05) is 12.6 Å². The molecule has 1 atom stereocenters. The Balaban J connectivity index is 2.46. The van der Waals surface area contributed by atoms with E-state index < -0.39 is 6.17 Å². The van der Waals surface area contributed by atoms with E-state index in [1.54, 1.807) is 6.08 Å². The molecule has 2 aliphatic rings. The summed E-state index contributed by atoms with van der Waals surface area (Å²) in [6.45, 7) is 1.97. The molecule has 1 nitrogen and oxygen atoms in total. The molecule has 2 rings (SSSR count). The molecule has 0 saturated carbocycles. The summed E-state index contributed by atoms with van der Waals surface area (Å²) in [5.74, 6) is 0.